The molecule has 0 saturated carbocycles. The number of aromatic amines is 1. The van der Waals surface area contributed by atoms with Crippen molar-refractivity contribution in [1.29, 1.82) is 0 Å². The van der Waals surface area contributed by atoms with Gasteiger partial charge in [-0.25, -0.2) is 9.18 Å². The van der Waals surface area contributed by atoms with E-state index in [4.69, 9.17) is 5.11 Å². The van der Waals surface area contributed by atoms with Gasteiger partial charge < -0.3 is 10.1 Å². The molecule has 1 aliphatic heterocycles. The van der Waals surface area contributed by atoms with Crippen LogP contribution < -0.4 is 0 Å². The molecule has 2 N–H and O–H groups in total. The van der Waals surface area contributed by atoms with Gasteiger partial charge in [0.25, 0.3) is 0 Å². The molecule has 5 heteroatoms. The first-order valence-electron chi connectivity index (χ1n) is 10.6. The van der Waals surface area contributed by atoms with Crippen molar-refractivity contribution in [2.24, 2.45) is 0 Å². The van der Waals surface area contributed by atoms with Gasteiger partial charge in [0, 0.05) is 34.8 Å². The number of benzene rings is 2. The number of halogens is 1. The Hall–Kier alpha value is -2.92. The molecule has 0 unspecified atom stereocenters. The monoisotopic (exact) mass is 420 g/mol. The molecule has 2 heterocycles. The second kappa shape index (κ2) is 7.65. The summed E-state index contributed by atoms with van der Waals surface area (Å²) >= 11 is 0. The number of para-hydroxylation sites is 1. The highest BCUT2D eigenvalue weighted by molar-refractivity contribution is 5.86. The van der Waals surface area contributed by atoms with E-state index in [1.54, 1.807) is 19.9 Å². The van der Waals surface area contributed by atoms with Crippen molar-refractivity contribution in [2.75, 3.05) is 6.54 Å². The molecule has 3 aromatic rings. The Morgan fingerprint density at radius 3 is 2.55 bits per heavy atom. The Bertz CT molecular complexity index is 1140. The molecule has 0 bridgehead atoms. The molecule has 0 amide bonds. The minimum Gasteiger partial charge on any atom is -0.478 e. The van der Waals surface area contributed by atoms with Gasteiger partial charge in [-0.1, -0.05) is 42.5 Å². The van der Waals surface area contributed by atoms with Gasteiger partial charge in [-0.3, -0.25) is 4.90 Å². The van der Waals surface area contributed by atoms with Crippen molar-refractivity contribution in [1.82, 2.24) is 9.88 Å². The van der Waals surface area contributed by atoms with E-state index in [0.29, 0.717) is 6.54 Å². The van der Waals surface area contributed by atoms with E-state index in [1.165, 1.54) is 10.9 Å². The highest BCUT2D eigenvalue weighted by Crippen LogP contribution is 2.45. The molecule has 0 spiro atoms. The minimum atomic E-state index is -1.34. The first-order chi connectivity index (χ1) is 14.5. The van der Waals surface area contributed by atoms with Gasteiger partial charge in [0.1, 0.15) is 5.67 Å². The van der Waals surface area contributed by atoms with E-state index in [-0.39, 0.29) is 11.6 Å². The average molecular weight is 421 g/mol. The first kappa shape index (κ1) is 21.3. The summed E-state index contributed by atoms with van der Waals surface area (Å²) in [6.45, 7) is 7.92. The number of aromatic nitrogens is 1. The number of nitrogens with one attached hydrogen (secondary N) is 1. The quantitative estimate of drug-likeness (QED) is 0.518. The number of aliphatic carboxylic acids is 1. The fraction of sp³-hybridized carbons (Fsp3) is 0.346. The average Bonchev–Trinajstić information content (AvgIpc) is 3.04. The summed E-state index contributed by atoms with van der Waals surface area (Å²) in [5.74, 6) is -0.975. The van der Waals surface area contributed by atoms with E-state index in [9.17, 15) is 9.18 Å². The van der Waals surface area contributed by atoms with Gasteiger partial charge in [0.15, 0.2) is 0 Å². The third-order valence-corrected chi connectivity index (χ3v) is 6.04. The summed E-state index contributed by atoms with van der Waals surface area (Å²) in [6.07, 6.45) is 3.54. The van der Waals surface area contributed by atoms with Gasteiger partial charge in [0.05, 0.1) is 6.04 Å². The number of rotatable bonds is 5. The molecule has 0 radical (unpaired) electrons. The summed E-state index contributed by atoms with van der Waals surface area (Å²) in [6, 6.07) is 16.0. The Morgan fingerprint density at radius 2 is 1.90 bits per heavy atom. The number of alkyl halides is 1. The third-order valence-electron chi connectivity index (χ3n) is 6.04. The number of fused-ring (bicyclic) bond motifs is 3. The van der Waals surface area contributed by atoms with E-state index >= 15 is 0 Å². The Balaban J connectivity index is 1.86. The standard InChI is InChI=1S/C26H29FN2O2/c1-25(2,27)16-29-24(18-12-9-17(10-13-18)11-14-22(30)31)23-20(15-26(29,3)4)19-7-5-6-8-21(19)28-23/h5-14,24,28H,15-16H2,1-4H3,(H,30,31)/t24-/m1/s1. The minimum absolute atomic E-state index is 0.126. The predicted octanol–water partition coefficient (Wildman–Crippen LogP) is 5.74. The van der Waals surface area contributed by atoms with Crippen LogP contribution in [-0.4, -0.2) is 38.7 Å². The zero-order chi connectivity index (χ0) is 22.4. The highest BCUT2D eigenvalue weighted by atomic mass is 19.1. The summed E-state index contributed by atoms with van der Waals surface area (Å²) in [7, 11) is 0. The molecular formula is C26H29FN2O2. The lowest BCUT2D eigenvalue weighted by Gasteiger charge is -2.49. The van der Waals surface area contributed by atoms with E-state index < -0.39 is 11.6 Å². The van der Waals surface area contributed by atoms with Crippen LogP contribution in [0.1, 0.15) is 56.1 Å². The number of carboxylic acids is 1. The molecule has 2 aromatic carbocycles. The van der Waals surface area contributed by atoms with Crippen LogP contribution in [0, 0.1) is 0 Å². The molecule has 0 aliphatic carbocycles. The maximum absolute atomic E-state index is 14.9. The lowest BCUT2D eigenvalue weighted by molar-refractivity contribution is -0.131. The van der Waals surface area contributed by atoms with E-state index in [1.807, 2.05) is 30.3 Å². The number of hydrogen-bond acceptors (Lipinski definition) is 2. The lowest BCUT2D eigenvalue weighted by Crippen LogP contribution is -2.54. The molecule has 1 aliphatic rings. The van der Waals surface area contributed by atoms with Crippen LogP contribution in [0.2, 0.25) is 0 Å². The van der Waals surface area contributed by atoms with Crippen LogP contribution in [0.25, 0.3) is 17.0 Å². The molecule has 31 heavy (non-hydrogen) atoms. The van der Waals surface area contributed by atoms with Gasteiger partial charge in [-0.15, -0.1) is 0 Å². The predicted molar refractivity (Wildman–Crippen MR) is 123 cm³/mol. The van der Waals surface area contributed by atoms with Gasteiger partial charge in [0.2, 0.25) is 0 Å². The number of carbonyl (C=O) groups is 1. The van der Waals surface area contributed by atoms with Gasteiger partial charge in [-0.2, -0.15) is 0 Å². The Kier molecular flexibility index (Phi) is 5.26. The van der Waals surface area contributed by atoms with Gasteiger partial charge in [-0.05, 0) is 62.9 Å². The van der Waals surface area contributed by atoms with Crippen LogP contribution in [-0.2, 0) is 11.2 Å². The molecule has 0 saturated heterocycles. The highest BCUT2D eigenvalue weighted by Gasteiger charge is 2.44. The van der Waals surface area contributed by atoms with Crippen LogP contribution in [0.4, 0.5) is 4.39 Å². The molecule has 0 fully saturated rings. The normalized spacial score (nSPS) is 19.1. The maximum atomic E-state index is 14.9. The molecule has 162 valence electrons. The fourth-order valence-electron chi connectivity index (χ4n) is 4.70. The largest absolute Gasteiger partial charge is 0.478 e. The van der Waals surface area contributed by atoms with Crippen molar-refractivity contribution < 1.29 is 14.3 Å². The fourth-order valence-corrected chi connectivity index (χ4v) is 4.70. The number of hydrogen-bond donors (Lipinski definition) is 2. The maximum Gasteiger partial charge on any atom is 0.328 e. The zero-order valence-electron chi connectivity index (χ0n) is 18.4. The van der Waals surface area contributed by atoms with E-state index in [2.05, 4.69) is 41.9 Å². The summed E-state index contributed by atoms with van der Waals surface area (Å²) in [4.78, 5) is 16.7. The van der Waals surface area contributed by atoms with Crippen molar-refractivity contribution in [3.05, 3.63) is 77.0 Å². The second-order valence-corrected chi connectivity index (χ2v) is 9.64. The van der Waals surface area contributed by atoms with Crippen LogP contribution in [0.3, 0.4) is 0 Å². The molecular weight excluding hydrogens is 391 g/mol. The van der Waals surface area contributed by atoms with Crippen LogP contribution in [0.15, 0.2) is 54.6 Å². The molecule has 1 aromatic heterocycles. The second-order valence-electron chi connectivity index (χ2n) is 9.64. The first-order valence-corrected chi connectivity index (χ1v) is 10.6. The zero-order valence-corrected chi connectivity index (χ0v) is 18.4. The Labute approximate surface area is 182 Å². The summed E-state index contributed by atoms with van der Waals surface area (Å²) in [5.41, 5.74) is 3.77. The number of H-pyrrole nitrogens is 1. The van der Waals surface area contributed by atoms with E-state index in [0.717, 1.165) is 34.8 Å². The number of carboxylic acid groups (broad SMARTS) is 1. The van der Waals surface area contributed by atoms with Gasteiger partial charge >= 0.3 is 5.97 Å². The van der Waals surface area contributed by atoms with Crippen molar-refractivity contribution >= 4 is 22.9 Å². The molecule has 4 nitrogen and oxygen atoms in total. The van der Waals surface area contributed by atoms with Crippen molar-refractivity contribution in [2.45, 2.75) is 51.4 Å². The number of nitrogens with zero attached hydrogens (tertiary/aromatic N) is 1. The summed E-state index contributed by atoms with van der Waals surface area (Å²) < 4.78 is 14.9. The SMILES string of the molecule is CC(C)(F)CN1[C@H](c2ccc(C=CC(=O)O)cc2)c2[nH]c3ccccc3c2CC1(C)C. The van der Waals surface area contributed by atoms with Crippen molar-refractivity contribution in [3.63, 3.8) is 0 Å². The van der Waals surface area contributed by atoms with Crippen LogP contribution >= 0.6 is 0 Å². The summed E-state index contributed by atoms with van der Waals surface area (Å²) in [5, 5.41) is 10.1. The lowest BCUT2D eigenvalue weighted by atomic mass is 9.80. The third kappa shape index (κ3) is 4.28. The molecule has 4 rings (SSSR count). The smallest absolute Gasteiger partial charge is 0.328 e. The molecule has 1 atom stereocenters. The Morgan fingerprint density at radius 1 is 1.23 bits per heavy atom. The van der Waals surface area contributed by atoms with Crippen molar-refractivity contribution in [3.8, 4) is 0 Å². The van der Waals surface area contributed by atoms with Crippen LogP contribution in [0.5, 0.6) is 0 Å². The topological polar surface area (TPSA) is 56.3 Å².